The molecule has 0 aliphatic carbocycles. The van der Waals surface area contributed by atoms with Crippen molar-refractivity contribution in [2.24, 2.45) is 0 Å². The molecule has 2 heterocycles. The molecule has 3 aromatic rings. The van der Waals surface area contributed by atoms with Gasteiger partial charge in [0.25, 0.3) is 5.91 Å². The van der Waals surface area contributed by atoms with E-state index in [0.717, 1.165) is 0 Å². The van der Waals surface area contributed by atoms with E-state index in [0.29, 0.717) is 21.7 Å². The first-order valence-electron chi connectivity index (χ1n) is 7.65. The second kappa shape index (κ2) is 9.13. The maximum Gasteiger partial charge on any atom is 0.268 e. The Kier molecular flexibility index (Phi) is 6.60. The first-order chi connectivity index (χ1) is 13.5. The molecular formula is C18H10Cl3N3O3S. The van der Waals surface area contributed by atoms with Crippen molar-refractivity contribution in [2.75, 3.05) is 5.32 Å². The van der Waals surface area contributed by atoms with E-state index in [1.807, 2.05) is 6.07 Å². The fourth-order valence-electron chi connectivity index (χ4n) is 2.10. The fraction of sp³-hybridized carbons (Fsp3) is 0.0556. The van der Waals surface area contributed by atoms with Gasteiger partial charge in [0, 0.05) is 22.7 Å². The number of rotatable bonds is 6. The van der Waals surface area contributed by atoms with Crippen LogP contribution in [0.3, 0.4) is 0 Å². The van der Waals surface area contributed by atoms with Crippen LogP contribution in [-0.2, 0) is 11.4 Å². The van der Waals surface area contributed by atoms with E-state index in [-0.39, 0.29) is 28.0 Å². The summed E-state index contributed by atoms with van der Waals surface area (Å²) < 4.78 is 11.2. The topological polar surface area (TPSA) is 88.1 Å². The molecule has 10 heteroatoms. The molecule has 1 N–H and O–H groups in total. The van der Waals surface area contributed by atoms with Gasteiger partial charge in [-0.05, 0) is 24.3 Å². The quantitative estimate of drug-likeness (QED) is 0.374. The van der Waals surface area contributed by atoms with Gasteiger partial charge in [0.1, 0.15) is 29.8 Å². The van der Waals surface area contributed by atoms with Crippen molar-refractivity contribution in [3.63, 3.8) is 0 Å². The Hall–Kier alpha value is -2.50. The van der Waals surface area contributed by atoms with Gasteiger partial charge >= 0.3 is 0 Å². The first kappa shape index (κ1) is 20.2. The number of carbonyl (C=O) groups is 1. The third-order valence-corrected chi connectivity index (χ3v) is 4.78. The summed E-state index contributed by atoms with van der Waals surface area (Å²) >= 11 is 19.2. The SMILES string of the molecule is N#C/C(=C\c1ccc(COc2c(Cl)cc(Cl)cc2Cl)o1)C(=O)Nc1nccs1. The van der Waals surface area contributed by atoms with Crippen LogP contribution in [0.25, 0.3) is 6.08 Å². The van der Waals surface area contributed by atoms with Crippen molar-refractivity contribution in [3.05, 3.63) is 68.0 Å². The van der Waals surface area contributed by atoms with E-state index in [4.69, 9.17) is 44.0 Å². The van der Waals surface area contributed by atoms with Crippen LogP contribution < -0.4 is 10.1 Å². The number of hydrogen-bond acceptors (Lipinski definition) is 6. The number of benzene rings is 1. The highest BCUT2D eigenvalue weighted by molar-refractivity contribution is 7.13. The molecular weight excluding hydrogens is 445 g/mol. The monoisotopic (exact) mass is 453 g/mol. The Morgan fingerprint density at radius 2 is 2.07 bits per heavy atom. The molecule has 0 radical (unpaired) electrons. The third kappa shape index (κ3) is 5.06. The van der Waals surface area contributed by atoms with Crippen LogP contribution in [-0.4, -0.2) is 10.9 Å². The largest absolute Gasteiger partial charge is 0.483 e. The van der Waals surface area contributed by atoms with Crippen molar-refractivity contribution < 1.29 is 13.9 Å². The van der Waals surface area contributed by atoms with Crippen molar-refractivity contribution in [3.8, 4) is 11.8 Å². The summed E-state index contributed by atoms with van der Waals surface area (Å²) in [4.78, 5) is 16.1. The molecule has 28 heavy (non-hydrogen) atoms. The van der Waals surface area contributed by atoms with Crippen molar-refractivity contribution in [1.29, 1.82) is 5.26 Å². The lowest BCUT2D eigenvalue weighted by Gasteiger charge is -2.08. The van der Waals surface area contributed by atoms with Gasteiger partial charge in [-0.2, -0.15) is 5.26 Å². The molecule has 1 aromatic carbocycles. The number of nitrogens with one attached hydrogen (secondary N) is 1. The number of furan rings is 1. The molecule has 3 rings (SSSR count). The lowest BCUT2D eigenvalue weighted by atomic mass is 10.2. The van der Waals surface area contributed by atoms with Gasteiger partial charge < -0.3 is 9.15 Å². The van der Waals surface area contributed by atoms with Gasteiger partial charge in [-0.1, -0.05) is 34.8 Å². The highest BCUT2D eigenvalue weighted by Gasteiger charge is 2.13. The molecule has 0 aliphatic rings. The number of amides is 1. The summed E-state index contributed by atoms with van der Waals surface area (Å²) in [6.07, 6.45) is 2.88. The van der Waals surface area contributed by atoms with Gasteiger partial charge in [-0.3, -0.25) is 10.1 Å². The molecule has 2 aromatic heterocycles. The summed E-state index contributed by atoms with van der Waals surface area (Å²) in [5.74, 6) is 0.469. The van der Waals surface area contributed by atoms with Crippen molar-refractivity contribution in [1.82, 2.24) is 4.98 Å². The van der Waals surface area contributed by atoms with Crippen LogP contribution in [0.15, 0.2) is 45.8 Å². The maximum absolute atomic E-state index is 12.1. The predicted octanol–water partition coefficient (Wildman–Crippen LogP) is 5.82. The number of hydrogen-bond donors (Lipinski definition) is 1. The van der Waals surface area contributed by atoms with Crippen LogP contribution in [0.4, 0.5) is 5.13 Å². The zero-order chi connectivity index (χ0) is 20.1. The van der Waals surface area contributed by atoms with Gasteiger partial charge in [-0.25, -0.2) is 4.98 Å². The molecule has 0 spiro atoms. The van der Waals surface area contributed by atoms with Crippen molar-refractivity contribution in [2.45, 2.75) is 6.61 Å². The molecule has 0 saturated carbocycles. The minimum absolute atomic E-state index is 0.0438. The molecule has 0 bridgehead atoms. The van der Waals surface area contributed by atoms with Gasteiger partial charge in [-0.15, -0.1) is 11.3 Å². The normalized spacial score (nSPS) is 11.1. The lowest BCUT2D eigenvalue weighted by molar-refractivity contribution is -0.112. The van der Waals surface area contributed by atoms with Crippen LogP contribution in [0, 0.1) is 11.3 Å². The number of nitrogens with zero attached hydrogens (tertiary/aromatic N) is 2. The Labute approximate surface area is 178 Å². The Balaban J connectivity index is 1.68. The number of anilines is 1. The molecule has 142 valence electrons. The van der Waals surface area contributed by atoms with Crippen LogP contribution >= 0.6 is 46.1 Å². The number of thiazole rings is 1. The molecule has 1 amide bonds. The van der Waals surface area contributed by atoms with E-state index in [2.05, 4.69) is 10.3 Å². The number of ether oxygens (including phenoxy) is 1. The second-order valence-corrected chi connectivity index (χ2v) is 7.40. The van der Waals surface area contributed by atoms with Crippen LogP contribution in [0.1, 0.15) is 11.5 Å². The minimum atomic E-state index is -0.577. The van der Waals surface area contributed by atoms with E-state index in [1.54, 1.807) is 23.7 Å². The molecule has 0 atom stereocenters. The smallest absolute Gasteiger partial charge is 0.268 e. The number of carbonyl (C=O) groups excluding carboxylic acids is 1. The Bertz CT molecular complexity index is 1050. The molecule has 0 saturated heterocycles. The van der Waals surface area contributed by atoms with E-state index in [9.17, 15) is 10.1 Å². The van der Waals surface area contributed by atoms with Crippen LogP contribution in [0.2, 0.25) is 15.1 Å². The highest BCUT2D eigenvalue weighted by Crippen LogP contribution is 2.36. The van der Waals surface area contributed by atoms with Gasteiger partial charge in [0.15, 0.2) is 10.9 Å². The highest BCUT2D eigenvalue weighted by atomic mass is 35.5. The van der Waals surface area contributed by atoms with E-state index >= 15 is 0 Å². The lowest BCUT2D eigenvalue weighted by Crippen LogP contribution is -2.13. The number of nitriles is 1. The molecule has 0 unspecified atom stereocenters. The minimum Gasteiger partial charge on any atom is -0.483 e. The predicted molar refractivity (Wildman–Crippen MR) is 109 cm³/mol. The second-order valence-electron chi connectivity index (χ2n) is 5.25. The average Bonchev–Trinajstić information content (AvgIpc) is 3.30. The summed E-state index contributed by atoms with van der Waals surface area (Å²) in [5, 5.41) is 14.8. The first-order valence-corrected chi connectivity index (χ1v) is 9.66. The summed E-state index contributed by atoms with van der Waals surface area (Å²) in [6, 6.07) is 8.13. The van der Waals surface area contributed by atoms with Crippen LogP contribution in [0.5, 0.6) is 5.75 Å². The van der Waals surface area contributed by atoms with E-state index in [1.165, 1.54) is 29.5 Å². The summed E-state index contributed by atoms with van der Waals surface area (Å²) in [5.41, 5.74) is -0.124. The van der Waals surface area contributed by atoms with Crippen molar-refractivity contribution >= 4 is 63.3 Å². The molecule has 0 fully saturated rings. The number of aromatic nitrogens is 1. The zero-order valence-corrected chi connectivity index (χ0v) is 17.0. The average molecular weight is 455 g/mol. The third-order valence-electron chi connectivity index (χ3n) is 3.31. The summed E-state index contributed by atoms with van der Waals surface area (Å²) in [6.45, 7) is 0.0438. The standard InChI is InChI=1S/C18H10Cl3N3O3S/c19-11-6-14(20)16(15(21)7-11)26-9-13-2-1-12(27-13)5-10(8-22)17(25)24-18-23-3-4-28-18/h1-7H,9H2,(H,23,24,25)/b10-5+. The number of halogens is 3. The maximum atomic E-state index is 12.1. The Morgan fingerprint density at radius 3 is 2.71 bits per heavy atom. The molecule has 6 nitrogen and oxygen atoms in total. The summed E-state index contributed by atoms with van der Waals surface area (Å²) in [7, 11) is 0. The fourth-order valence-corrected chi connectivity index (χ4v) is 3.55. The zero-order valence-electron chi connectivity index (χ0n) is 13.9. The van der Waals surface area contributed by atoms with Gasteiger partial charge in [0.05, 0.1) is 10.0 Å². The van der Waals surface area contributed by atoms with Gasteiger partial charge in [0.2, 0.25) is 0 Å². The van der Waals surface area contributed by atoms with E-state index < -0.39 is 5.91 Å². The molecule has 0 aliphatic heterocycles. The Morgan fingerprint density at radius 1 is 1.32 bits per heavy atom.